The van der Waals surface area contributed by atoms with Gasteiger partial charge in [0.2, 0.25) is 0 Å². The molecule has 0 bridgehead atoms. The van der Waals surface area contributed by atoms with E-state index in [-0.39, 0.29) is 6.04 Å². The molecule has 0 radical (unpaired) electrons. The first kappa shape index (κ1) is 15.3. The lowest BCUT2D eigenvalue weighted by Gasteiger charge is -2.19. The maximum Gasteiger partial charge on any atom is 0.119 e. The Hall–Kier alpha value is -1.07. The zero-order valence-corrected chi connectivity index (χ0v) is 13.4. The van der Waals surface area contributed by atoms with Gasteiger partial charge >= 0.3 is 0 Å². The van der Waals surface area contributed by atoms with E-state index in [0.29, 0.717) is 11.4 Å². The topological polar surface area (TPSA) is 47.3 Å². The van der Waals surface area contributed by atoms with Crippen LogP contribution in [0.25, 0.3) is 0 Å². The van der Waals surface area contributed by atoms with E-state index in [9.17, 15) is 0 Å². The van der Waals surface area contributed by atoms with Gasteiger partial charge in [0.1, 0.15) is 5.75 Å². The van der Waals surface area contributed by atoms with E-state index in [1.807, 2.05) is 42.5 Å². The van der Waals surface area contributed by atoms with Gasteiger partial charge in [0.15, 0.2) is 0 Å². The molecule has 1 atom stereocenters. The Kier molecular flexibility index (Phi) is 5.43. The first-order chi connectivity index (χ1) is 9.65. The second kappa shape index (κ2) is 7.09. The molecule has 20 heavy (non-hydrogen) atoms. The molecule has 0 saturated heterocycles. The number of hydrazine groups is 1. The minimum atomic E-state index is -0.0629. The van der Waals surface area contributed by atoms with Crippen molar-refractivity contribution in [2.45, 2.75) is 12.5 Å². The summed E-state index contributed by atoms with van der Waals surface area (Å²) in [6.07, 6.45) is 0.706. The summed E-state index contributed by atoms with van der Waals surface area (Å²) in [4.78, 5) is 0. The molecule has 0 aliphatic carbocycles. The van der Waals surface area contributed by atoms with Crippen molar-refractivity contribution in [2.24, 2.45) is 5.84 Å². The number of ether oxygens (including phenoxy) is 1. The fourth-order valence-electron chi connectivity index (χ4n) is 2.07. The Bertz CT molecular complexity index is 592. The molecule has 0 saturated carbocycles. The molecule has 2 aromatic rings. The average Bonchev–Trinajstić information content (AvgIpc) is 2.47. The van der Waals surface area contributed by atoms with E-state index in [4.69, 9.17) is 22.2 Å². The lowest BCUT2D eigenvalue weighted by molar-refractivity contribution is 0.413. The zero-order chi connectivity index (χ0) is 14.5. The van der Waals surface area contributed by atoms with Crippen molar-refractivity contribution in [3.63, 3.8) is 0 Å². The predicted molar refractivity (Wildman–Crippen MR) is 85.9 cm³/mol. The van der Waals surface area contributed by atoms with Crippen LogP contribution in [0.15, 0.2) is 46.9 Å². The molecular weight excluding hydrogens is 340 g/mol. The monoisotopic (exact) mass is 354 g/mol. The van der Waals surface area contributed by atoms with Gasteiger partial charge in [0, 0.05) is 9.50 Å². The Balaban J connectivity index is 2.29. The van der Waals surface area contributed by atoms with Crippen LogP contribution in [0.3, 0.4) is 0 Å². The Morgan fingerprint density at radius 1 is 1.30 bits per heavy atom. The van der Waals surface area contributed by atoms with Crippen molar-refractivity contribution in [1.82, 2.24) is 5.43 Å². The Morgan fingerprint density at radius 2 is 2.05 bits per heavy atom. The molecule has 3 N–H and O–H groups in total. The molecule has 0 aromatic heterocycles. The van der Waals surface area contributed by atoms with E-state index in [2.05, 4.69) is 21.4 Å². The summed E-state index contributed by atoms with van der Waals surface area (Å²) in [5.74, 6) is 6.50. The molecular formula is C15H16BrClN2O. The first-order valence-electron chi connectivity index (χ1n) is 6.18. The molecule has 2 aromatic carbocycles. The SMILES string of the molecule is COc1ccc(Br)c(CC(NN)c2ccccc2Cl)c1. The lowest BCUT2D eigenvalue weighted by Crippen LogP contribution is -2.29. The quantitative estimate of drug-likeness (QED) is 0.632. The van der Waals surface area contributed by atoms with Crippen molar-refractivity contribution in [3.05, 3.63) is 63.1 Å². The largest absolute Gasteiger partial charge is 0.497 e. The highest BCUT2D eigenvalue weighted by atomic mass is 79.9. The Morgan fingerprint density at radius 3 is 2.70 bits per heavy atom. The maximum atomic E-state index is 6.23. The molecule has 106 valence electrons. The molecule has 0 amide bonds. The van der Waals surface area contributed by atoms with Crippen LogP contribution in [0.1, 0.15) is 17.2 Å². The van der Waals surface area contributed by atoms with Crippen LogP contribution in [0.5, 0.6) is 5.75 Å². The van der Waals surface area contributed by atoms with Crippen LogP contribution in [-0.4, -0.2) is 7.11 Å². The molecule has 3 nitrogen and oxygen atoms in total. The van der Waals surface area contributed by atoms with E-state index in [0.717, 1.165) is 21.3 Å². The standard InChI is InChI=1S/C15H16BrClN2O/c1-20-11-6-7-13(16)10(8-11)9-15(19-18)12-4-2-3-5-14(12)17/h2-8,15,19H,9,18H2,1H3. The van der Waals surface area contributed by atoms with Gasteiger partial charge in [0.25, 0.3) is 0 Å². The average molecular weight is 356 g/mol. The third-order valence-corrected chi connectivity index (χ3v) is 4.28. The van der Waals surface area contributed by atoms with Crippen LogP contribution in [-0.2, 0) is 6.42 Å². The van der Waals surface area contributed by atoms with Crippen LogP contribution in [0.4, 0.5) is 0 Å². The molecule has 2 rings (SSSR count). The number of hydrogen-bond donors (Lipinski definition) is 2. The number of rotatable bonds is 5. The fraction of sp³-hybridized carbons (Fsp3) is 0.200. The van der Waals surface area contributed by atoms with Crippen molar-refractivity contribution in [1.29, 1.82) is 0 Å². The van der Waals surface area contributed by atoms with Crippen LogP contribution >= 0.6 is 27.5 Å². The summed E-state index contributed by atoms with van der Waals surface area (Å²) in [5, 5.41) is 0.703. The summed E-state index contributed by atoms with van der Waals surface area (Å²) in [6, 6.07) is 13.5. The van der Waals surface area contributed by atoms with Gasteiger partial charge in [-0.2, -0.15) is 0 Å². The lowest BCUT2D eigenvalue weighted by atomic mass is 9.99. The summed E-state index contributed by atoms with van der Waals surface area (Å²) in [5.41, 5.74) is 4.91. The number of hydrogen-bond acceptors (Lipinski definition) is 3. The molecule has 1 unspecified atom stereocenters. The third kappa shape index (κ3) is 3.52. The van der Waals surface area contributed by atoms with Gasteiger partial charge in [-0.25, -0.2) is 0 Å². The van der Waals surface area contributed by atoms with Crippen molar-refractivity contribution in [2.75, 3.05) is 7.11 Å². The number of nitrogens with two attached hydrogens (primary N) is 1. The van der Waals surface area contributed by atoms with Gasteiger partial charge in [-0.1, -0.05) is 45.7 Å². The van der Waals surface area contributed by atoms with Crippen molar-refractivity contribution < 1.29 is 4.74 Å². The van der Waals surface area contributed by atoms with E-state index in [1.165, 1.54) is 0 Å². The van der Waals surface area contributed by atoms with E-state index in [1.54, 1.807) is 7.11 Å². The van der Waals surface area contributed by atoms with E-state index >= 15 is 0 Å². The van der Waals surface area contributed by atoms with Crippen molar-refractivity contribution in [3.8, 4) is 5.75 Å². The van der Waals surface area contributed by atoms with Crippen molar-refractivity contribution >= 4 is 27.5 Å². The second-order valence-electron chi connectivity index (χ2n) is 4.40. The smallest absolute Gasteiger partial charge is 0.119 e. The number of halogens is 2. The molecule has 0 heterocycles. The Labute approximate surface area is 132 Å². The highest BCUT2D eigenvalue weighted by Crippen LogP contribution is 2.29. The summed E-state index contributed by atoms with van der Waals surface area (Å²) < 4.78 is 6.28. The zero-order valence-electron chi connectivity index (χ0n) is 11.1. The minimum Gasteiger partial charge on any atom is -0.497 e. The van der Waals surface area contributed by atoms with Crippen LogP contribution < -0.4 is 16.0 Å². The molecule has 5 heteroatoms. The van der Waals surface area contributed by atoms with E-state index < -0.39 is 0 Å². The summed E-state index contributed by atoms with van der Waals surface area (Å²) in [6.45, 7) is 0. The third-order valence-electron chi connectivity index (χ3n) is 3.16. The van der Waals surface area contributed by atoms with Gasteiger partial charge in [-0.15, -0.1) is 0 Å². The number of benzene rings is 2. The van der Waals surface area contributed by atoms with Crippen LogP contribution in [0, 0.1) is 0 Å². The molecule has 0 aliphatic rings. The van der Waals surface area contributed by atoms with Gasteiger partial charge in [0.05, 0.1) is 13.2 Å². The normalized spacial score (nSPS) is 12.2. The molecule has 0 spiro atoms. The first-order valence-corrected chi connectivity index (χ1v) is 7.35. The number of methoxy groups -OCH3 is 1. The molecule has 0 aliphatic heterocycles. The van der Waals surface area contributed by atoms with Gasteiger partial charge in [-0.3, -0.25) is 11.3 Å². The summed E-state index contributed by atoms with van der Waals surface area (Å²) >= 11 is 9.78. The summed E-state index contributed by atoms with van der Waals surface area (Å²) in [7, 11) is 1.65. The molecule has 0 fully saturated rings. The predicted octanol–water partition coefficient (Wildman–Crippen LogP) is 3.86. The fourth-order valence-corrected chi connectivity index (χ4v) is 2.75. The number of nitrogens with one attached hydrogen (secondary N) is 1. The highest BCUT2D eigenvalue weighted by molar-refractivity contribution is 9.10. The second-order valence-corrected chi connectivity index (χ2v) is 5.66. The van der Waals surface area contributed by atoms with Gasteiger partial charge < -0.3 is 4.74 Å². The highest BCUT2D eigenvalue weighted by Gasteiger charge is 2.15. The van der Waals surface area contributed by atoms with Crippen LogP contribution in [0.2, 0.25) is 5.02 Å². The maximum absolute atomic E-state index is 6.23. The van der Waals surface area contributed by atoms with Gasteiger partial charge in [-0.05, 0) is 41.8 Å². The minimum absolute atomic E-state index is 0.0629.